The minimum Gasteiger partial charge on any atom is -0.327 e. The summed E-state index contributed by atoms with van der Waals surface area (Å²) in [5.74, 6) is 0. The van der Waals surface area contributed by atoms with Crippen LogP contribution < -0.4 is 5.73 Å². The molecule has 1 heterocycles. The fourth-order valence-corrected chi connectivity index (χ4v) is 0.876. The normalized spacial score (nSPS) is 11.8. The van der Waals surface area contributed by atoms with E-state index < -0.39 is 0 Å². The Morgan fingerprint density at radius 1 is 1.58 bits per heavy atom. The Kier molecular flexibility index (Phi) is 3.00. The van der Waals surface area contributed by atoms with Crippen molar-refractivity contribution in [1.82, 2.24) is 4.98 Å². The number of aryl methyl sites for hydroxylation is 1. The molecule has 2 heteroatoms. The fraction of sp³-hybridized carbons (Fsp3) is 0.300. The van der Waals surface area contributed by atoms with Crippen molar-refractivity contribution >= 4 is 6.08 Å². The highest BCUT2D eigenvalue weighted by molar-refractivity contribution is 5.48. The van der Waals surface area contributed by atoms with Crippen LogP contribution >= 0.6 is 0 Å². The average Bonchev–Trinajstić information content (AvgIpc) is 2.09. The summed E-state index contributed by atoms with van der Waals surface area (Å²) in [5, 5.41) is 0. The third-order valence-electron chi connectivity index (χ3n) is 1.65. The molecule has 2 nitrogen and oxygen atoms in total. The number of hydrogen-bond acceptors (Lipinski definition) is 2. The van der Waals surface area contributed by atoms with Gasteiger partial charge in [-0.3, -0.25) is 4.98 Å². The van der Waals surface area contributed by atoms with Gasteiger partial charge in [0.15, 0.2) is 0 Å². The molecule has 1 rings (SSSR count). The molecular weight excluding hydrogens is 148 g/mol. The van der Waals surface area contributed by atoms with Crippen LogP contribution in [-0.2, 0) is 0 Å². The van der Waals surface area contributed by atoms with Gasteiger partial charge in [0.1, 0.15) is 0 Å². The average molecular weight is 162 g/mol. The molecule has 64 valence electrons. The van der Waals surface area contributed by atoms with Crippen LogP contribution in [0.1, 0.15) is 18.2 Å². The van der Waals surface area contributed by atoms with E-state index in [1.807, 2.05) is 38.3 Å². The summed E-state index contributed by atoms with van der Waals surface area (Å²) < 4.78 is 0. The Hall–Kier alpha value is -1.15. The number of nitrogens with two attached hydrogens (primary N) is 1. The van der Waals surface area contributed by atoms with Crippen molar-refractivity contribution in [3.8, 4) is 0 Å². The predicted molar refractivity (Wildman–Crippen MR) is 51.7 cm³/mol. The summed E-state index contributed by atoms with van der Waals surface area (Å²) in [4.78, 5) is 4.23. The highest BCUT2D eigenvalue weighted by atomic mass is 14.7. The third-order valence-corrected chi connectivity index (χ3v) is 1.65. The molecule has 0 aromatic carbocycles. The van der Waals surface area contributed by atoms with Gasteiger partial charge in [0.05, 0.1) is 5.69 Å². The SMILES string of the molecule is C/C(=C/c1ccc(C)cn1)CN. The first-order valence-electron chi connectivity index (χ1n) is 4.02. The molecule has 12 heavy (non-hydrogen) atoms. The molecule has 0 saturated carbocycles. The summed E-state index contributed by atoms with van der Waals surface area (Å²) in [6.45, 7) is 4.62. The Morgan fingerprint density at radius 2 is 2.33 bits per heavy atom. The van der Waals surface area contributed by atoms with E-state index in [9.17, 15) is 0 Å². The van der Waals surface area contributed by atoms with Gasteiger partial charge in [0.25, 0.3) is 0 Å². The highest BCUT2D eigenvalue weighted by Crippen LogP contribution is 2.03. The second-order valence-electron chi connectivity index (χ2n) is 2.96. The molecular formula is C10H14N2. The molecule has 0 aliphatic rings. The van der Waals surface area contributed by atoms with E-state index in [0.29, 0.717) is 6.54 Å². The molecule has 0 spiro atoms. The summed E-state index contributed by atoms with van der Waals surface area (Å²) >= 11 is 0. The van der Waals surface area contributed by atoms with Crippen molar-refractivity contribution in [3.63, 3.8) is 0 Å². The van der Waals surface area contributed by atoms with Gasteiger partial charge in [-0.1, -0.05) is 11.6 Å². The lowest BCUT2D eigenvalue weighted by Gasteiger charge is -1.96. The van der Waals surface area contributed by atoms with Gasteiger partial charge in [-0.05, 0) is 31.6 Å². The first-order valence-corrected chi connectivity index (χ1v) is 4.02. The molecule has 0 radical (unpaired) electrons. The van der Waals surface area contributed by atoms with Crippen LogP contribution in [0, 0.1) is 6.92 Å². The maximum atomic E-state index is 5.45. The largest absolute Gasteiger partial charge is 0.327 e. The van der Waals surface area contributed by atoms with Crippen LogP contribution in [0.5, 0.6) is 0 Å². The van der Waals surface area contributed by atoms with Crippen LogP contribution in [0.15, 0.2) is 23.9 Å². The molecule has 0 bridgehead atoms. The maximum Gasteiger partial charge on any atom is 0.0629 e. The monoisotopic (exact) mass is 162 g/mol. The number of pyridine rings is 1. The summed E-state index contributed by atoms with van der Waals surface area (Å²) in [6, 6.07) is 4.04. The van der Waals surface area contributed by atoms with E-state index in [0.717, 1.165) is 11.3 Å². The van der Waals surface area contributed by atoms with Crippen molar-refractivity contribution in [2.24, 2.45) is 5.73 Å². The lowest BCUT2D eigenvalue weighted by atomic mass is 10.2. The topological polar surface area (TPSA) is 38.9 Å². The van der Waals surface area contributed by atoms with Gasteiger partial charge in [-0.2, -0.15) is 0 Å². The summed E-state index contributed by atoms with van der Waals surface area (Å²) in [5.41, 5.74) is 8.75. The van der Waals surface area contributed by atoms with Crippen LogP contribution in [0.4, 0.5) is 0 Å². The highest BCUT2D eigenvalue weighted by Gasteiger charge is 1.89. The van der Waals surface area contributed by atoms with Crippen LogP contribution in [0.3, 0.4) is 0 Å². The van der Waals surface area contributed by atoms with Crippen molar-refractivity contribution in [2.45, 2.75) is 13.8 Å². The van der Waals surface area contributed by atoms with Crippen molar-refractivity contribution in [3.05, 3.63) is 35.2 Å². The molecule has 0 unspecified atom stereocenters. The quantitative estimate of drug-likeness (QED) is 0.719. The van der Waals surface area contributed by atoms with E-state index in [2.05, 4.69) is 4.98 Å². The lowest BCUT2D eigenvalue weighted by Crippen LogP contribution is -1.99. The molecule has 0 aliphatic carbocycles. The molecule has 0 aliphatic heterocycles. The Morgan fingerprint density at radius 3 is 2.83 bits per heavy atom. The Labute approximate surface area is 73.1 Å². The zero-order valence-corrected chi connectivity index (χ0v) is 7.54. The van der Waals surface area contributed by atoms with E-state index in [-0.39, 0.29) is 0 Å². The fourth-order valence-electron chi connectivity index (χ4n) is 0.876. The molecule has 0 atom stereocenters. The smallest absolute Gasteiger partial charge is 0.0629 e. The van der Waals surface area contributed by atoms with Gasteiger partial charge in [0.2, 0.25) is 0 Å². The van der Waals surface area contributed by atoms with Gasteiger partial charge < -0.3 is 5.73 Å². The number of nitrogens with zero attached hydrogens (tertiary/aromatic N) is 1. The first-order chi connectivity index (χ1) is 5.72. The van der Waals surface area contributed by atoms with E-state index in [1.165, 1.54) is 5.56 Å². The first kappa shape index (κ1) is 8.94. The zero-order valence-electron chi connectivity index (χ0n) is 7.54. The summed E-state index contributed by atoms with van der Waals surface area (Å²) in [6.07, 6.45) is 3.86. The molecule has 2 N–H and O–H groups in total. The van der Waals surface area contributed by atoms with Crippen LogP contribution in [0.2, 0.25) is 0 Å². The van der Waals surface area contributed by atoms with Crippen LogP contribution in [0.25, 0.3) is 6.08 Å². The van der Waals surface area contributed by atoms with E-state index in [1.54, 1.807) is 0 Å². The number of rotatable bonds is 2. The predicted octanol–water partition coefficient (Wildman–Crippen LogP) is 1.75. The van der Waals surface area contributed by atoms with E-state index in [4.69, 9.17) is 5.73 Å². The minimum atomic E-state index is 0.593. The second-order valence-corrected chi connectivity index (χ2v) is 2.96. The number of hydrogen-bond donors (Lipinski definition) is 1. The molecule has 0 saturated heterocycles. The van der Waals surface area contributed by atoms with Gasteiger partial charge in [-0.25, -0.2) is 0 Å². The molecule has 1 aromatic rings. The Bertz CT molecular complexity index is 272. The zero-order chi connectivity index (χ0) is 8.97. The van der Waals surface area contributed by atoms with Gasteiger partial charge >= 0.3 is 0 Å². The van der Waals surface area contributed by atoms with E-state index >= 15 is 0 Å². The third kappa shape index (κ3) is 2.47. The Balaban J connectivity index is 2.84. The van der Waals surface area contributed by atoms with Crippen LogP contribution in [-0.4, -0.2) is 11.5 Å². The minimum absolute atomic E-state index is 0.593. The van der Waals surface area contributed by atoms with Gasteiger partial charge in [-0.15, -0.1) is 0 Å². The summed E-state index contributed by atoms with van der Waals surface area (Å²) in [7, 11) is 0. The van der Waals surface area contributed by atoms with Gasteiger partial charge in [0, 0.05) is 12.7 Å². The van der Waals surface area contributed by atoms with Crippen molar-refractivity contribution in [1.29, 1.82) is 0 Å². The van der Waals surface area contributed by atoms with Crippen molar-refractivity contribution < 1.29 is 0 Å². The standard InChI is InChI=1S/C10H14N2/c1-8-3-4-10(12-7-8)5-9(2)6-11/h3-5,7H,6,11H2,1-2H3/b9-5-. The molecule has 1 aromatic heterocycles. The molecule has 0 fully saturated rings. The number of aromatic nitrogens is 1. The maximum absolute atomic E-state index is 5.45. The second kappa shape index (κ2) is 4.02. The molecule has 0 amide bonds. The van der Waals surface area contributed by atoms with Crippen molar-refractivity contribution in [2.75, 3.05) is 6.54 Å². The lowest BCUT2D eigenvalue weighted by molar-refractivity contribution is 1.14.